The summed E-state index contributed by atoms with van der Waals surface area (Å²) in [4.78, 5) is 17.3. The lowest BCUT2D eigenvalue weighted by atomic mass is 9.58. The lowest BCUT2D eigenvalue weighted by Crippen LogP contribution is -2.36. The minimum Gasteiger partial charge on any atom is -0.384 e. The fraction of sp³-hybridized carbons (Fsp3) is 0.222. The maximum Gasteiger partial charge on any atom is 0.251 e. The lowest BCUT2D eigenvalue weighted by molar-refractivity contribution is 0.0857. The molecule has 0 saturated carbocycles. The fourth-order valence-electron chi connectivity index (χ4n) is 5.28. The van der Waals surface area contributed by atoms with Crippen molar-refractivity contribution >= 4 is 27.4 Å². The number of nitrogens with zero attached hydrogens (tertiary/aromatic N) is 3. The Bertz CT molecular complexity index is 1490. The van der Waals surface area contributed by atoms with Gasteiger partial charge in [0.25, 0.3) is 5.91 Å². The van der Waals surface area contributed by atoms with Crippen LogP contribution < -0.4 is 11.1 Å². The van der Waals surface area contributed by atoms with E-state index in [-0.39, 0.29) is 18.1 Å². The molecule has 0 saturated heterocycles. The van der Waals surface area contributed by atoms with E-state index in [1.165, 1.54) is 4.68 Å². The molecule has 0 spiro atoms. The SMILES string of the molecule is [B]C([B])(c1ccc2c(c1)C1OC2c2ccc(C(=O)NCc3c(C)cc(N)nc3C)cc21)n1cccn1. The predicted octanol–water partition coefficient (Wildman–Crippen LogP) is 2.93. The van der Waals surface area contributed by atoms with Gasteiger partial charge in [0.15, 0.2) is 0 Å². The Balaban J connectivity index is 1.26. The monoisotopic (exact) mass is 471 g/mol. The second-order valence-electron chi connectivity index (χ2n) is 9.47. The van der Waals surface area contributed by atoms with Crippen LogP contribution in [0.1, 0.15) is 67.2 Å². The quantitative estimate of drug-likeness (QED) is 0.437. The van der Waals surface area contributed by atoms with E-state index in [9.17, 15) is 4.79 Å². The van der Waals surface area contributed by atoms with Gasteiger partial charge in [-0.05, 0) is 77.1 Å². The third-order valence-corrected chi connectivity index (χ3v) is 7.18. The molecule has 2 atom stereocenters. The van der Waals surface area contributed by atoms with Gasteiger partial charge in [0.2, 0.25) is 0 Å². The van der Waals surface area contributed by atoms with Crippen LogP contribution in [0.15, 0.2) is 60.9 Å². The van der Waals surface area contributed by atoms with Crippen LogP contribution in [0, 0.1) is 13.8 Å². The van der Waals surface area contributed by atoms with Crippen molar-refractivity contribution in [3.05, 3.63) is 111 Å². The molecule has 4 heterocycles. The Morgan fingerprint density at radius 2 is 1.81 bits per heavy atom. The van der Waals surface area contributed by atoms with Crippen molar-refractivity contribution in [2.45, 2.75) is 37.9 Å². The van der Waals surface area contributed by atoms with E-state index in [1.54, 1.807) is 18.5 Å². The first-order valence-electron chi connectivity index (χ1n) is 11.8. The highest BCUT2D eigenvalue weighted by molar-refractivity contribution is 6.39. The Morgan fingerprint density at radius 1 is 1.08 bits per heavy atom. The Hall–Kier alpha value is -3.84. The summed E-state index contributed by atoms with van der Waals surface area (Å²) < 4.78 is 7.85. The maximum atomic E-state index is 13.0. The molecule has 0 fully saturated rings. The number of nitrogens with one attached hydrogen (secondary N) is 1. The molecule has 6 rings (SSSR count). The van der Waals surface area contributed by atoms with Crippen molar-refractivity contribution in [3.63, 3.8) is 0 Å². The van der Waals surface area contributed by atoms with Gasteiger partial charge >= 0.3 is 0 Å². The summed E-state index contributed by atoms with van der Waals surface area (Å²) in [5.41, 5.74) is 14.0. The number of benzene rings is 2. The van der Waals surface area contributed by atoms with Crippen LogP contribution in [0.25, 0.3) is 0 Å². The Kier molecular flexibility index (Phi) is 5.09. The van der Waals surface area contributed by atoms with Crippen molar-refractivity contribution in [2.75, 3.05) is 5.73 Å². The molecule has 2 bridgehead atoms. The number of nitrogen functional groups attached to an aromatic ring is 1. The van der Waals surface area contributed by atoms with Crippen LogP contribution in [0.5, 0.6) is 0 Å². The molecule has 2 aromatic carbocycles. The topological polar surface area (TPSA) is 95.1 Å². The molecular weight excluding hydrogens is 448 g/mol. The minimum absolute atomic E-state index is 0.160. The molecule has 174 valence electrons. The molecular formula is C27H23B2N5O2. The number of carbonyl (C=O) groups is 1. The zero-order valence-electron chi connectivity index (χ0n) is 20.0. The summed E-state index contributed by atoms with van der Waals surface area (Å²) in [6.07, 6.45) is 2.92. The molecule has 4 radical (unpaired) electrons. The Morgan fingerprint density at radius 3 is 2.53 bits per heavy atom. The van der Waals surface area contributed by atoms with E-state index >= 15 is 0 Å². The first kappa shape index (κ1) is 22.6. The third kappa shape index (κ3) is 3.45. The van der Waals surface area contributed by atoms with Gasteiger partial charge in [0.1, 0.15) is 18.0 Å². The molecule has 2 aliphatic heterocycles. The highest BCUT2D eigenvalue weighted by Crippen LogP contribution is 2.54. The van der Waals surface area contributed by atoms with E-state index < -0.39 is 5.34 Å². The zero-order valence-corrected chi connectivity index (χ0v) is 20.0. The van der Waals surface area contributed by atoms with Gasteiger partial charge < -0.3 is 15.8 Å². The molecule has 4 aromatic rings. The molecule has 2 unspecified atom stereocenters. The summed E-state index contributed by atoms with van der Waals surface area (Å²) in [7, 11) is 12.9. The molecule has 2 aliphatic rings. The number of pyridine rings is 1. The van der Waals surface area contributed by atoms with Crippen molar-refractivity contribution in [3.8, 4) is 0 Å². The van der Waals surface area contributed by atoms with Gasteiger partial charge in [-0.3, -0.25) is 9.48 Å². The van der Waals surface area contributed by atoms with Crippen LogP contribution in [0.2, 0.25) is 0 Å². The number of nitrogens with two attached hydrogens (primary N) is 1. The number of fused-ring (bicyclic) bond motifs is 8. The van der Waals surface area contributed by atoms with Gasteiger partial charge in [-0.25, -0.2) is 4.98 Å². The van der Waals surface area contributed by atoms with Crippen molar-refractivity contribution < 1.29 is 9.53 Å². The fourth-order valence-corrected chi connectivity index (χ4v) is 5.28. The lowest BCUT2D eigenvalue weighted by Gasteiger charge is -2.29. The van der Waals surface area contributed by atoms with E-state index in [0.29, 0.717) is 17.9 Å². The number of aryl methyl sites for hydroxylation is 2. The smallest absolute Gasteiger partial charge is 0.251 e. The molecule has 36 heavy (non-hydrogen) atoms. The molecule has 2 aromatic heterocycles. The number of amides is 1. The van der Waals surface area contributed by atoms with E-state index in [4.69, 9.17) is 26.2 Å². The summed E-state index contributed by atoms with van der Waals surface area (Å²) >= 11 is 0. The molecule has 0 aliphatic carbocycles. The number of carbonyl (C=O) groups excluding carboxylic acids is 1. The van der Waals surface area contributed by atoms with Crippen molar-refractivity contribution in [1.82, 2.24) is 20.1 Å². The first-order valence-corrected chi connectivity index (χ1v) is 11.8. The average Bonchev–Trinajstić information content (AvgIpc) is 3.59. The number of ether oxygens (including phenoxy) is 1. The third-order valence-electron chi connectivity index (χ3n) is 7.18. The van der Waals surface area contributed by atoms with Crippen molar-refractivity contribution in [2.24, 2.45) is 0 Å². The molecule has 9 heteroatoms. The standard InChI is InChI=1S/C27H23B2N5O2/c1-14-10-23(30)33-15(2)22(14)13-31-26(35)16-4-6-18-20(11-16)25-21-12-17(5-7-19(21)24(18)36-25)27(28,29)34-9-3-8-32-34/h3-12,24-25H,13H2,1-2H3,(H2,30,33)(H,31,35). The average molecular weight is 471 g/mol. The first-order chi connectivity index (χ1) is 17.2. The summed E-state index contributed by atoms with van der Waals surface area (Å²) in [6.45, 7) is 4.23. The van der Waals surface area contributed by atoms with Crippen LogP contribution in [0.3, 0.4) is 0 Å². The van der Waals surface area contributed by atoms with Gasteiger partial charge in [0, 0.05) is 35.5 Å². The number of anilines is 1. The molecule has 1 amide bonds. The summed E-state index contributed by atoms with van der Waals surface area (Å²) in [5, 5.41) is 5.93. The van der Waals surface area contributed by atoms with E-state index in [2.05, 4.69) is 15.4 Å². The van der Waals surface area contributed by atoms with Crippen LogP contribution >= 0.6 is 0 Å². The minimum atomic E-state index is -1.29. The van der Waals surface area contributed by atoms with Gasteiger partial charge in [-0.1, -0.05) is 24.3 Å². The second-order valence-corrected chi connectivity index (χ2v) is 9.47. The van der Waals surface area contributed by atoms with Gasteiger partial charge in [0.05, 0.1) is 15.7 Å². The molecule has 3 N–H and O–H groups in total. The Labute approximate surface area is 211 Å². The number of hydrogen-bond donors (Lipinski definition) is 2. The number of rotatable bonds is 5. The number of aromatic nitrogens is 3. The maximum absolute atomic E-state index is 13.0. The largest absolute Gasteiger partial charge is 0.384 e. The second kappa shape index (κ2) is 8.10. The summed E-state index contributed by atoms with van der Waals surface area (Å²) in [6, 6.07) is 15.2. The van der Waals surface area contributed by atoms with Crippen molar-refractivity contribution in [1.29, 1.82) is 0 Å². The predicted molar refractivity (Wildman–Crippen MR) is 138 cm³/mol. The molecule has 7 nitrogen and oxygen atoms in total. The highest BCUT2D eigenvalue weighted by Gasteiger charge is 2.43. The van der Waals surface area contributed by atoms with Crippen LogP contribution in [0.4, 0.5) is 5.82 Å². The summed E-state index contributed by atoms with van der Waals surface area (Å²) in [5.74, 6) is 0.315. The zero-order chi connectivity index (χ0) is 25.2. The highest BCUT2D eigenvalue weighted by atomic mass is 16.5. The van der Waals surface area contributed by atoms with Crippen LogP contribution in [-0.2, 0) is 16.6 Å². The van der Waals surface area contributed by atoms with E-state index in [0.717, 1.165) is 44.6 Å². The van der Waals surface area contributed by atoms with E-state index in [1.807, 2.05) is 56.3 Å². The van der Waals surface area contributed by atoms with Gasteiger partial charge in [-0.15, -0.1) is 0 Å². The number of hydrogen-bond acceptors (Lipinski definition) is 5. The normalized spacial score (nSPS) is 17.6. The van der Waals surface area contributed by atoms with Crippen LogP contribution in [-0.4, -0.2) is 36.4 Å². The van der Waals surface area contributed by atoms with Gasteiger partial charge in [-0.2, -0.15) is 5.10 Å².